The number of carboxylic acid groups (broad SMARTS) is 1. The molecule has 0 atom stereocenters. The van der Waals surface area contributed by atoms with E-state index in [9.17, 15) is 14.7 Å². The highest BCUT2D eigenvalue weighted by molar-refractivity contribution is 5.85. The van der Waals surface area contributed by atoms with Gasteiger partial charge in [-0.25, -0.2) is 0 Å². The van der Waals surface area contributed by atoms with Gasteiger partial charge in [0.15, 0.2) is 0 Å². The topological polar surface area (TPSA) is 75.6 Å². The quantitative estimate of drug-likeness (QED) is 0.714. The van der Waals surface area contributed by atoms with E-state index in [0.717, 1.165) is 38.7 Å². The number of hydrogen-bond donors (Lipinski definition) is 2. The summed E-state index contributed by atoms with van der Waals surface area (Å²) in [4.78, 5) is 23.5. The number of methoxy groups -OCH3 is 1. The van der Waals surface area contributed by atoms with Crippen LogP contribution >= 0.6 is 0 Å². The Bertz CT molecular complexity index is 370. The molecule has 0 saturated heterocycles. The average molecular weight is 283 g/mol. The largest absolute Gasteiger partial charge is 0.481 e. The van der Waals surface area contributed by atoms with Crippen molar-refractivity contribution in [3.05, 3.63) is 0 Å². The fraction of sp³-hybridized carbons (Fsp3) is 0.867. The van der Waals surface area contributed by atoms with Gasteiger partial charge in [0.25, 0.3) is 0 Å². The minimum Gasteiger partial charge on any atom is -0.481 e. The number of ether oxygens (including phenoxy) is 1. The second-order valence-electron chi connectivity index (χ2n) is 6.49. The molecule has 5 heteroatoms. The van der Waals surface area contributed by atoms with Crippen LogP contribution in [-0.2, 0) is 14.3 Å². The van der Waals surface area contributed by atoms with Gasteiger partial charge in [0.05, 0.1) is 5.41 Å². The molecule has 2 saturated carbocycles. The van der Waals surface area contributed by atoms with Crippen molar-refractivity contribution >= 4 is 11.9 Å². The summed E-state index contributed by atoms with van der Waals surface area (Å²) in [7, 11) is 1.69. The van der Waals surface area contributed by atoms with E-state index in [2.05, 4.69) is 5.32 Å². The van der Waals surface area contributed by atoms with Crippen LogP contribution in [-0.4, -0.2) is 37.2 Å². The molecule has 2 aliphatic carbocycles. The van der Waals surface area contributed by atoms with Gasteiger partial charge in [0.1, 0.15) is 0 Å². The fourth-order valence-corrected chi connectivity index (χ4v) is 3.18. The van der Waals surface area contributed by atoms with Crippen molar-refractivity contribution in [3.8, 4) is 0 Å². The van der Waals surface area contributed by atoms with Gasteiger partial charge >= 0.3 is 5.97 Å². The van der Waals surface area contributed by atoms with Crippen LogP contribution < -0.4 is 5.32 Å². The number of carbonyl (C=O) groups is 2. The molecule has 0 unspecified atom stereocenters. The summed E-state index contributed by atoms with van der Waals surface area (Å²) >= 11 is 0. The number of amides is 1. The summed E-state index contributed by atoms with van der Waals surface area (Å²) in [6.07, 6.45) is 6.43. The van der Waals surface area contributed by atoms with Gasteiger partial charge in [-0.15, -0.1) is 0 Å². The summed E-state index contributed by atoms with van der Waals surface area (Å²) in [5.74, 6) is -0.927. The van der Waals surface area contributed by atoms with Crippen LogP contribution in [0.25, 0.3) is 0 Å². The first kappa shape index (κ1) is 15.3. The number of rotatable bonds is 8. The zero-order chi connectivity index (χ0) is 14.6. The van der Waals surface area contributed by atoms with Gasteiger partial charge in [-0.05, 0) is 37.5 Å². The Morgan fingerprint density at radius 2 is 1.85 bits per heavy atom. The molecule has 0 bridgehead atoms. The molecule has 0 spiro atoms. The summed E-state index contributed by atoms with van der Waals surface area (Å²) < 4.78 is 5.09. The Morgan fingerprint density at radius 3 is 2.35 bits per heavy atom. The number of aliphatic carboxylic acids is 1. The van der Waals surface area contributed by atoms with Gasteiger partial charge in [-0.2, -0.15) is 0 Å². The van der Waals surface area contributed by atoms with E-state index in [1.807, 2.05) is 0 Å². The Labute approximate surface area is 120 Å². The van der Waals surface area contributed by atoms with Crippen LogP contribution in [0.15, 0.2) is 0 Å². The summed E-state index contributed by atoms with van der Waals surface area (Å²) in [5, 5.41) is 12.3. The first-order valence-corrected chi connectivity index (χ1v) is 7.51. The molecule has 0 aromatic heterocycles. The lowest BCUT2D eigenvalue weighted by molar-refractivity contribution is -0.151. The molecule has 0 aromatic carbocycles. The van der Waals surface area contributed by atoms with Crippen molar-refractivity contribution in [2.24, 2.45) is 10.8 Å². The van der Waals surface area contributed by atoms with Crippen molar-refractivity contribution < 1.29 is 19.4 Å². The van der Waals surface area contributed by atoms with Crippen molar-refractivity contribution in [2.75, 3.05) is 20.3 Å². The Morgan fingerprint density at radius 1 is 1.20 bits per heavy atom. The van der Waals surface area contributed by atoms with Gasteiger partial charge in [0.2, 0.25) is 5.91 Å². The van der Waals surface area contributed by atoms with E-state index in [0.29, 0.717) is 19.4 Å². The third kappa shape index (κ3) is 3.51. The summed E-state index contributed by atoms with van der Waals surface area (Å²) in [6.45, 7) is 1.37. The van der Waals surface area contributed by atoms with Crippen molar-refractivity contribution in [1.29, 1.82) is 0 Å². The van der Waals surface area contributed by atoms with E-state index in [-0.39, 0.29) is 17.7 Å². The highest BCUT2D eigenvalue weighted by Crippen LogP contribution is 2.48. The van der Waals surface area contributed by atoms with Crippen LogP contribution in [0.1, 0.15) is 51.4 Å². The number of hydrogen-bond acceptors (Lipinski definition) is 3. The Hall–Kier alpha value is -1.10. The molecule has 5 nitrogen and oxygen atoms in total. The maximum absolute atomic E-state index is 12.1. The zero-order valence-corrected chi connectivity index (χ0v) is 12.2. The molecule has 0 radical (unpaired) electrons. The lowest BCUT2D eigenvalue weighted by Crippen LogP contribution is -2.38. The summed E-state index contributed by atoms with van der Waals surface area (Å²) in [5.41, 5.74) is -0.606. The van der Waals surface area contributed by atoms with Crippen LogP contribution in [0, 0.1) is 10.8 Å². The van der Waals surface area contributed by atoms with Gasteiger partial charge < -0.3 is 15.2 Å². The maximum atomic E-state index is 12.1. The molecule has 1 amide bonds. The van der Waals surface area contributed by atoms with Crippen LogP contribution in [0.3, 0.4) is 0 Å². The van der Waals surface area contributed by atoms with E-state index in [4.69, 9.17) is 4.74 Å². The number of carbonyl (C=O) groups excluding carboxylic acids is 1. The normalized spacial score (nSPS) is 22.4. The third-order valence-electron chi connectivity index (χ3n) is 4.97. The minimum atomic E-state index is -0.814. The monoisotopic (exact) mass is 283 g/mol. The van der Waals surface area contributed by atoms with Gasteiger partial charge in [-0.1, -0.05) is 12.8 Å². The Balaban J connectivity index is 1.79. The Kier molecular flexibility index (Phi) is 4.68. The fourth-order valence-electron chi connectivity index (χ4n) is 3.18. The smallest absolute Gasteiger partial charge is 0.310 e. The van der Waals surface area contributed by atoms with E-state index < -0.39 is 11.4 Å². The molecule has 2 rings (SSSR count). The molecule has 2 N–H and O–H groups in total. The molecular weight excluding hydrogens is 258 g/mol. The third-order valence-corrected chi connectivity index (χ3v) is 4.97. The van der Waals surface area contributed by atoms with E-state index >= 15 is 0 Å². The standard InChI is InChI=1S/C15H25NO4/c1-20-9-8-14(6-7-14)11-16-12(17)10-15(13(18)19)4-2-3-5-15/h2-11H2,1H3,(H,16,17)(H,18,19). The lowest BCUT2D eigenvalue weighted by atomic mass is 9.82. The first-order valence-electron chi connectivity index (χ1n) is 7.51. The van der Waals surface area contributed by atoms with E-state index in [1.54, 1.807) is 7.11 Å². The second-order valence-corrected chi connectivity index (χ2v) is 6.49. The SMILES string of the molecule is COCCC1(CNC(=O)CC2(C(=O)O)CCCC2)CC1. The van der Waals surface area contributed by atoms with Gasteiger partial charge in [0, 0.05) is 26.7 Å². The number of carboxylic acids is 1. The predicted molar refractivity (Wildman–Crippen MR) is 74.3 cm³/mol. The molecule has 0 heterocycles. The van der Waals surface area contributed by atoms with Crippen molar-refractivity contribution in [2.45, 2.75) is 51.4 Å². The van der Waals surface area contributed by atoms with Crippen LogP contribution in [0.4, 0.5) is 0 Å². The molecule has 20 heavy (non-hydrogen) atoms. The number of nitrogens with one attached hydrogen (secondary N) is 1. The highest BCUT2D eigenvalue weighted by Gasteiger charge is 2.45. The van der Waals surface area contributed by atoms with Gasteiger partial charge in [-0.3, -0.25) is 9.59 Å². The predicted octanol–water partition coefficient (Wildman–Crippen LogP) is 1.95. The summed E-state index contributed by atoms with van der Waals surface area (Å²) in [6, 6.07) is 0. The van der Waals surface area contributed by atoms with Crippen LogP contribution in [0.5, 0.6) is 0 Å². The maximum Gasteiger partial charge on any atom is 0.310 e. The first-order chi connectivity index (χ1) is 9.52. The lowest BCUT2D eigenvalue weighted by Gasteiger charge is -2.24. The van der Waals surface area contributed by atoms with Crippen molar-refractivity contribution in [3.63, 3.8) is 0 Å². The molecule has 2 aliphatic rings. The molecule has 2 fully saturated rings. The van der Waals surface area contributed by atoms with Crippen LogP contribution in [0.2, 0.25) is 0 Å². The zero-order valence-electron chi connectivity index (χ0n) is 12.2. The second kappa shape index (κ2) is 6.12. The molecule has 0 aromatic rings. The molecule has 114 valence electrons. The average Bonchev–Trinajstić information content (AvgIpc) is 3.04. The van der Waals surface area contributed by atoms with Crippen molar-refractivity contribution in [1.82, 2.24) is 5.32 Å². The molecular formula is C15H25NO4. The van der Waals surface area contributed by atoms with E-state index in [1.165, 1.54) is 0 Å². The highest BCUT2D eigenvalue weighted by atomic mass is 16.5. The minimum absolute atomic E-state index is 0.113. The molecule has 0 aliphatic heterocycles.